The second kappa shape index (κ2) is 6.97. The van der Waals surface area contributed by atoms with Crippen LogP contribution in [0.3, 0.4) is 0 Å². The van der Waals surface area contributed by atoms with Crippen LogP contribution in [0.4, 0.5) is 0 Å². The SMILES string of the molecule is Cc1c(S(=O)(=O)NCc2cccnc2)cc(C(=O)N2CCCC2)n1C. The Hall–Kier alpha value is -2.19. The number of sulfonamides is 1. The fraction of sp³-hybridized carbons (Fsp3) is 0.412. The van der Waals surface area contributed by atoms with Crippen LogP contribution >= 0.6 is 0 Å². The zero-order valence-electron chi connectivity index (χ0n) is 14.4. The number of aromatic nitrogens is 2. The predicted octanol–water partition coefficient (Wildman–Crippen LogP) is 1.44. The lowest BCUT2D eigenvalue weighted by Gasteiger charge is -2.15. The molecule has 134 valence electrons. The maximum atomic E-state index is 12.7. The van der Waals surface area contributed by atoms with Crippen molar-refractivity contribution in [3.63, 3.8) is 0 Å². The van der Waals surface area contributed by atoms with E-state index in [2.05, 4.69) is 9.71 Å². The number of carbonyl (C=O) groups excluding carboxylic acids is 1. The number of nitrogens with one attached hydrogen (secondary N) is 1. The zero-order valence-corrected chi connectivity index (χ0v) is 15.2. The number of carbonyl (C=O) groups is 1. The summed E-state index contributed by atoms with van der Waals surface area (Å²) in [5, 5.41) is 0. The molecule has 0 radical (unpaired) electrons. The number of likely N-dealkylation sites (tertiary alicyclic amines) is 1. The molecule has 7 nitrogen and oxygen atoms in total. The van der Waals surface area contributed by atoms with Crippen LogP contribution in [0.2, 0.25) is 0 Å². The van der Waals surface area contributed by atoms with Crippen molar-refractivity contribution in [3.8, 4) is 0 Å². The van der Waals surface area contributed by atoms with Crippen molar-refractivity contribution in [3.05, 3.63) is 47.5 Å². The van der Waals surface area contributed by atoms with E-state index in [0.717, 1.165) is 31.5 Å². The first-order valence-corrected chi connectivity index (χ1v) is 9.72. The van der Waals surface area contributed by atoms with E-state index < -0.39 is 10.0 Å². The molecule has 0 aromatic carbocycles. The maximum absolute atomic E-state index is 12.7. The number of pyridine rings is 1. The predicted molar refractivity (Wildman–Crippen MR) is 93.6 cm³/mol. The van der Waals surface area contributed by atoms with Crippen molar-refractivity contribution in [1.82, 2.24) is 19.2 Å². The van der Waals surface area contributed by atoms with Gasteiger partial charge in [-0.2, -0.15) is 0 Å². The molecule has 3 heterocycles. The van der Waals surface area contributed by atoms with Gasteiger partial charge in [0.05, 0.1) is 0 Å². The monoisotopic (exact) mass is 362 g/mol. The Kier molecular flexibility index (Phi) is 4.91. The van der Waals surface area contributed by atoms with E-state index in [9.17, 15) is 13.2 Å². The van der Waals surface area contributed by atoms with Gasteiger partial charge in [-0.05, 0) is 37.5 Å². The minimum absolute atomic E-state index is 0.114. The summed E-state index contributed by atoms with van der Waals surface area (Å²) >= 11 is 0. The first-order valence-electron chi connectivity index (χ1n) is 8.24. The van der Waals surface area contributed by atoms with Gasteiger partial charge in [0, 0.05) is 44.8 Å². The van der Waals surface area contributed by atoms with Crippen LogP contribution in [0, 0.1) is 6.92 Å². The van der Waals surface area contributed by atoms with E-state index in [-0.39, 0.29) is 17.3 Å². The molecule has 1 aliphatic heterocycles. The molecule has 0 unspecified atom stereocenters. The van der Waals surface area contributed by atoms with Crippen LogP contribution in [0.5, 0.6) is 0 Å². The molecule has 3 rings (SSSR count). The second-order valence-corrected chi connectivity index (χ2v) is 7.96. The van der Waals surface area contributed by atoms with Crippen molar-refractivity contribution in [2.24, 2.45) is 7.05 Å². The van der Waals surface area contributed by atoms with Crippen LogP contribution in [0.25, 0.3) is 0 Å². The van der Waals surface area contributed by atoms with Crippen LogP contribution < -0.4 is 4.72 Å². The molecule has 0 bridgehead atoms. The smallest absolute Gasteiger partial charge is 0.270 e. The fourth-order valence-electron chi connectivity index (χ4n) is 2.99. The molecule has 1 saturated heterocycles. The van der Waals surface area contributed by atoms with Crippen molar-refractivity contribution in [2.75, 3.05) is 13.1 Å². The molecule has 2 aromatic rings. The van der Waals surface area contributed by atoms with Gasteiger partial charge in [-0.3, -0.25) is 9.78 Å². The van der Waals surface area contributed by atoms with Crippen molar-refractivity contribution < 1.29 is 13.2 Å². The van der Waals surface area contributed by atoms with Crippen LogP contribution in [-0.2, 0) is 23.6 Å². The third kappa shape index (κ3) is 3.59. The highest BCUT2D eigenvalue weighted by Gasteiger charge is 2.27. The number of rotatable bonds is 5. The van der Waals surface area contributed by atoms with Gasteiger partial charge in [-0.15, -0.1) is 0 Å². The normalized spacial score (nSPS) is 14.9. The Balaban J connectivity index is 1.83. The van der Waals surface area contributed by atoms with Gasteiger partial charge >= 0.3 is 0 Å². The van der Waals surface area contributed by atoms with Crippen molar-refractivity contribution in [2.45, 2.75) is 31.2 Å². The first kappa shape index (κ1) is 17.6. The molecular formula is C17H22N4O3S. The standard InChI is InChI=1S/C17H22N4O3S/c1-13-16(25(23,24)19-12-14-6-5-7-18-11-14)10-15(20(13)2)17(22)21-8-3-4-9-21/h5-7,10-11,19H,3-4,8-9,12H2,1-2H3. The van der Waals surface area contributed by atoms with E-state index in [1.807, 2.05) is 0 Å². The highest BCUT2D eigenvalue weighted by molar-refractivity contribution is 7.89. The van der Waals surface area contributed by atoms with E-state index in [1.54, 1.807) is 48.0 Å². The van der Waals surface area contributed by atoms with Crippen LogP contribution in [-0.4, -0.2) is 41.9 Å². The second-order valence-electron chi connectivity index (χ2n) is 6.22. The average molecular weight is 362 g/mol. The van der Waals surface area contributed by atoms with E-state index in [0.29, 0.717) is 11.4 Å². The molecule has 25 heavy (non-hydrogen) atoms. The summed E-state index contributed by atoms with van der Waals surface area (Å²) in [6.07, 6.45) is 5.23. The summed E-state index contributed by atoms with van der Waals surface area (Å²) in [7, 11) is -2.00. The summed E-state index contributed by atoms with van der Waals surface area (Å²) < 4.78 is 29.6. The molecule has 0 spiro atoms. The summed E-state index contributed by atoms with van der Waals surface area (Å²) in [6, 6.07) is 5.03. The Labute approximate surface area is 147 Å². The zero-order chi connectivity index (χ0) is 18.0. The fourth-order valence-corrected chi connectivity index (χ4v) is 4.29. The highest BCUT2D eigenvalue weighted by atomic mass is 32.2. The van der Waals surface area contributed by atoms with Gasteiger partial charge in [-0.25, -0.2) is 13.1 Å². The summed E-state index contributed by atoms with van der Waals surface area (Å²) in [4.78, 5) is 18.5. The van der Waals surface area contributed by atoms with Gasteiger partial charge in [0.25, 0.3) is 5.91 Å². The molecule has 0 saturated carbocycles. The first-order chi connectivity index (χ1) is 11.9. The van der Waals surface area contributed by atoms with Gasteiger partial charge in [0.2, 0.25) is 10.0 Å². The minimum atomic E-state index is -3.72. The summed E-state index contributed by atoms with van der Waals surface area (Å²) in [5.74, 6) is -0.114. The molecule has 1 amide bonds. The molecule has 1 aliphatic rings. The summed E-state index contributed by atoms with van der Waals surface area (Å²) in [6.45, 7) is 3.31. The lowest BCUT2D eigenvalue weighted by atomic mass is 10.3. The van der Waals surface area contributed by atoms with Gasteiger partial charge in [0.1, 0.15) is 10.6 Å². The largest absolute Gasteiger partial charge is 0.343 e. The molecule has 1 fully saturated rings. The lowest BCUT2D eigenvalue weighted by Crippen LogP contribution is -2.29. The van der Waals surface area contributed by atoms with Gasteiger partial charge in [-0.1, -0.05) is 6.07 Å². The number of hydrogen-bond donors (Lipinski definition) is 1. The van der Waals surface area contributed by atoms with Crippen molar-refractivity contribution >= 4 is 15.9 Å². The number of amides is 1. The van der Waals surface area contributed by atoms with E-state index in [1.165, 1.54) is 6.07 Å². The highest BCUT2D eigenvalue weighted by Crippen LogP contribution is 2.22. The Morgan fingerprint density at radius 2 is 2.04 bits per heavy atom. The summed E-state index contributed by atoms with van der Waals surface area (Å²) in [5.41, 5.74) is 1.72. The van der Waals surface area contributed by atoms with E-state index >= 15 is 0 Å². The maximum Gasteiger partial charge on any atom is 0.270 e. The van der Waals surface area contributed by atoms with Crippen LogP contribution in [0.15, 0.2) is 35.5 Å². The average Bonchev–Trinajstić information content (AvgIpc) is 3.24. The molecule has 2 aromatic heterocycles. The number of hydrogen-bond acceptors (Lipinski definition) is 4. The molecular weight excluding hydrogens is 340 g/mol. The molecule has 0 aliphatic carbocycles. The lowest BCUT2D eigenvalue weighted by molar-refractivity contribution is 0.0783. The number of nitrogens with zero attached hydrogens (tertiary/aromatic N) is 3. The third-order valence-corrected chi connectivity index (χ3v) is 6.10. The van der Waals surface area contributed by atoms with Crippen molar-refractivity contribution in [1.29, 1.82) is 0 Å². The topological polar surface area (TPSA) is 84.3 Å². The van der Waals surface area contributed by atoms with Crippen LogP contribution in [0.1, 0.15) is 34.6 Å². The molecule has 1 N–H and O–H groups in total. The Morgan fingerprint density at radius 3 is 2.68 bits per heavy atom. The minimum Gasteiger partial charge on any atom is -0.343 e. The Bertz CT molecular complexity index is 869. The quantitative estimate of drug-likeness (QED) is 0.872. The Morgan fingerprint density at radius 1 is 1.32 bits per heavy atom. The van der Waals surface area contributed by atoms with Gasteiger partial charge in [0.15, 0.2) is 0 Å². The van der Waals surface area contributed by atoms with Gasteiger partial charge < -0.3 is 9.47 Å². The third-order valence-electron chi connectivity index (χ3n) is 4.58. The molecule has 8 heteroatoms. The molecule has 0 atom stereocenters. The van der Waals surface area contributed by atoms with E-state index in [4.69, 9.17) is 0 Å².